The lowest BCUT2D eigenvalue weighted by atomic mass is 10.2. The van der Waals surface area contributed by atoms with Gasteiger partial charge in [0, 0.05) is 13.1 Å². The molecule has 1 rings (SSSR count). The summed E-state index contributed by atoms with van der Waals surface area (Å²) in [5, 5.41) is 0. The molecule has 11 heavy (non-hydrogen) atoms. The summed E-state index contributed by atoms with van der Waals surface area (Å²) in [5.74, 6) is 0. The van der Waals surface area contributed by atoms with Crippen LogP contribution in [0.2, 0.25) is 0 Å². The first-order valence-corrected chi connectivity index (χ1v) is 4.67. The van der Waals surface area contributed by atoms with E-state index in [-0.39, 0.29) is 0 Å². The van der Waals surface area contributed by atoms with Gasteiger partial charge in [0.25, 0.3) is 0 Å². The molecule has 1 heterocycles. The maximum atomic E-state index is 5.45. The van der Waals surface area contributed by atoms with Crippen LogP contribution in [-0.4, -0.2) is 37.2 Å². The van der Waals surface area contributed by atoms with E-state index >= 15 is 0 Å². The highest BCUT2D eigenvalue weighted by Gasteiger charge is 2.14. The molecule has 2 nitrogen and oxygen atoms in total. The van der Waals surface area contributed by atoms with Crippen LogP contribution in [-0.2, 0) is 4.74 Å². The Bertz CT molecular complexity index is 106. The van der Waals surface area contributed by atoms with E-state index in [2.05, 4.69) is 18.7 Å². The molecule has 2 heteroatoms. The largest absolute Gasteiger partial charge is 0.376 e. The van der Waals surface area contributed by atoms with E-state index in [9.17, 15) is 0 Å². The Kier molecular flexibility index (Phi) is 3.87. The van der Waals surface area contributed by atoms with Crippen molar-refractivity contribution in [2.24, 2.45) is 0 Å². The third-order valence-electron chi connectivity index (χ3n) is 2.15. The first-order chi connectivity index (χ1) is 5.33. The number of unbranched alkanes of at least 4 members (excludes halogenated alkanes) is 1. The summed E-state index contributed by atoms with van der Waals surface area (Å²) in [4.78, 5) is 2.50. The van der Waals surface area contributed by atoms with Gasteiger partial charge >= 0.3 is 0 Å². The van der Waals surface area contributed by atoms with Gasteiger partial charge in [-0.3, -0.25) is 4.90 Å². The minimum atomic E-state index is 0.445. The van der Waals surface area contributed by atoms with Gasteiger partial charge in [-0.1, -0.05) is 13.3 Å². The van der Waals surface area contributed by atoms with Crippen molar-refractivity contribution in [2.75, 3.05) is 26.2 Å². The second kappa shape index (κ2) is 4.73. The van der Waals surface area contributed by atoms with Gasteiger partial charge in [0.05, 0.1) is 12.7 Å². The molecule has 0 bridgehead atoms. The summed E-state index contributed by atoms with van der Waals surface area (Å²) in [6, 6.07) is 0. The van der Waals surface area contributed by atoms with Crippen LogP contribution in [0.15, 0.2) is 0 Å². The highest BCUT2D eigenvalue weighted by Crippen LogP contribution is 2.04. The van der Waals surface area contributed by atoms with E-state index in [1.807, 2.05) is 0 Å². The van der Waals surface area contributed by atoms with Gasteiger partial charge in [0.2, 0.25) is 0 Å². The fourth-order valence-electron chi connectivity index (χ4n) is 1.48. The normalized spacial score (nSPS) is 27.3. The average molecular weight is 157 g/mol. The van der Waals surface area contributed by atoms with Crippen LogP contribution in [0.4, 0.5) is 0 Å². The lowest BCUT2D eigenvalue weighted by Crippen LogP contribution is -2.41. The van der Waals surface area contributed by atoms with Gasteiger partial charge < -0.3 is 4.74 Å². The lowest BCUT2D eigenvalue weighted by Gasteiger charge is -2.30. The molecule has 1 aliphatic heterocycles. The Balaban J connectivity index is 2.12. The predicted molar refractivity (Wildman–Crippen MR) is 46.8 cm³/mol. The van der Waals surface area contributed by atoms with Crippen LogP contribution >= 0.6 is 0 Å². The number of hydrogen-bond donors (Lipinski definition) is 0. The number of nitrogens with zero attached hydrogens (tertiary/aromatic N) is 1. The van der Waals surface area contributed by atoms with Crippen LogP contribution in [0.3, 0.4) is 0 Å². The van der Waals surface area contributed by atoms with E-state index in [0.29, 0.717) is 6.10 Å². The summed E-state index contributed by atoms with van der Waals surface area (Å²) in [6.45, 7) is 8.82. The Hall–Kier alpha value is -0.0800. The highest BCUT2D eigenvalue weighted by molar-refractivity contribution is 4.67. The number of rotatable bonds is 3. The Morgan fingerprint density at radius 3 is 3.00 bits per heavy atom. The minimum Gasteiger partial charge on any atom is -0.376 e. The number of ether oxygens (including phenoxy) is 1. The zero-order chi connectivity index (χ0) is 8.10. The second-order valence-corrected chi connectivity index (χ2v) is 3.34. The van der Waals surface area contributed by atoms with Gasteiger partial charge in [-0.05, 0) is 19.9 Å². The molecule has 0 N–H and O–H groups in total. The molecule has 0 aromatic rings. The standard InChI is InChI=1S/C9H19NO/c1-3-4-5-10-6-7-11-9(2)8-10/h9H,3-8H2,1-2H3. The van der Waals surface area contributed by atoms with E-state index in [1.165, 1.54) is 19.4 Å². The van der Waals surface area contributed by atoms with Crippen molar-refractivity contribution in [3.8, 4) is 0 Å². The van der Waals surface area contributed by atoms with Crippen LogP contribution in [0.5, 0.6) is 0 Å². The lowest BCUT2D eigenvalue weighted by molar-refractivity contribution is -0.0184. The molecule has 1 saturated heterocycles. The molecular formula is C9H19NO. The number of morpholine rings is 1. The van der Waals surface area contributed by atoms with Crippen LogP contribution in [0.25, 0.3) is 0 Å². The monoisotopic (exact) mass is 157 g/mol. The van der Waals surface area contributed by atoms with Crippen LogP contribution in [0.1, 0.15) is 26.7 Å². The van der Waals surface area contributed by atoms with E-state index < -0.39 is 0 Å². The van der Waals surface area contributed by atoms with Gasteiger partial charge in [-0.2, -0.15) is 0 Å². The summed E-state index contributed by atoms with van der Waals surface area (Å²) in [6.07, 6.45) is 3.07. The first-order valence-electron chi connectivity index (χ1n) is 4.67. The van der Waals surface area contributed by atoms with Crippen molar-refractivity contribution in [3.63, 3.8) is 0 Å². The van der Waals surface area contributed by atoms with Crippen molar-refractivity contribution in [1.29, 1.82) is 0 Å². The number of hydrogen-bond acceptors (Lipinski definition) is 2. The average Bonchev–Trinajstić information content (AvgIpc) is 2.01. The molecule has 0 radical (unpaired) electrons. The molecule has 1 atom stereocenters. The molecule has 0 aliphatic carbocycles. The van der Waals surface area contributed by atoms with Crippen molar-refractivity contribution >= 4 is 0 Å². The SMILES string of the molecule is CCCCN1CCOC(C)C1. The Morgan fingerprint density at radius 2 is 2.36 bits per heavy atom. The zero-order valence-electron chi connectivity index (χ0n) is 7.68. The van der Waals surface area contributed by atoms with Crippen molar-refractivity contribution in [2.45, 2.75) is 32.8 Å². The smallest absolute Gasteiger partial charge is 0.0674 e. The summed E-state index contributed by atoms with van der Waals surface area (Å²) < 4.78 is 5.45. The molecule has 1 fully saturated rings. The van der Waals surface area contributed by atoms with E-state index in [1.54, 1.807) is 0 Å². The Morgan fingerprint density at radius 1 is 1.55 bits per heavy atom. The summed E-state index contributed by atoms with van der Waals surface area (Å²) in [5.41, 5.74) is 0. The van der Waals surface area contributed by atoms with Crippen molar-refractivity contribution in [1.82, 2.24) is 4.90 Å². The molecule has 0 amide bonds. The zero-order valence-corrected chi connectivity index (χ0v) is 7.68. The molecule has 0 aromatic heterocycles. The fourth-order valence-corrected chi connectivity index (χ4v) is 1.48. The first kappa shape index (κ1) is 9.01. The minimum absolute atomic E-state index is 0.445. The maximum Gasteiger partial charge on any atom is 0.0674 e. The van der Waals surface area contributed by atoms with Crippen molar-refractivity contribution in [3.05, 3.63) is 0 Å². The maximum absolute atomic E-state index is 5.45. The quantitative estimate of drug-likeness (QED) is 0.615. The highest BCUT2D eigenvalue weighted by atomic mass is 16.5. The van der Waals surface area contributed by atoms with Crippen LogP contribution < -0.4 is 0 Å². The molecule has 1 unspecified atom stereocenters. The topological polar surface area (TPSA) is 12.5 Å². The van der Waals surface area contributed by atoms with Crippen molar-refractivity contribution < 1.29 is 4.74 Å². The molecule has 66 valence electrons. The van der Waals surface area contributed by atoms with Gasteiger partial charge in [-0.15, -0.1) is 0 Å². The van der Waals surface area contributed by atoms with E-state index in [4.69, 9.17) is 4.74 Å². The van der Waals surface area contributed by atoms with E-state index in [0.717, 1.165) is 19.7 Å². The molecule has 0 aromatic carbocycles. The van der Waals surface area contributed by atoms with Gasteiger partial charge in [-0.25, -0.2) is 0 Å². The predicted octanol–water partition coefficient (Wildman–Crippen LogP) is 1.51. The molecule has 1 aliphatic rings. The Labute approximate surface area is 69.5 Å². The summed E-state index contributed by atoms with van der Waals surface area (Å²) >= 11 is 0. The molecule has 0 spiro atoms. The summed E-state index contributed by atoms with van der Waals surface area (Å²) in [7, 11) is 0. The third-order valence-corrected chi connectivity index (χ3v) is 2.15. The van der Waals surface area contributed by atoms with Gasteiger partial charge in [0.1, 0.15) is 0 Å². The van der Waals surface area contributed by atoms with Gasteiger partial charge in [0.15, 0.2) is 0 Å². The molecular weight excluding hydrogens is 138 g/mol. The third kappa shape index (κ3) is 3.21. The molecule has 0 saturated carbocycles. The fraction of sp³-hybridized carbons (Fsp3) is 1.00. The second-order valence-electron chi connectivity index (χ2n) is 3.34. The van der Waals surface area contributed by atoms with Crippen LogP contribution in [0, 0.1) is 0 Å².